The molecule has 0 aliphatic carbocycles. The van der Waals surface area contributed by atoms with Gasteiger partial charge in [0.05, 0.1) is 0 Å². The number of nitrogens with one attached hydrogen (secondary N) is 2. The van der Waals surface area contributed by atoms with Gasteiger partial charge in [-0.15, -0.1) is 6.58 Å². The number of hydrogen-bond donors (Lipinski definition) is 2. The third-order valence-corrected chi connectivity index (χ3v) is 2.54. The summed E-state index contributed by atoms with van der Waals surface area (Å²) in [4.78, 5) is 29.5. The average Bonchev–Trinajstić information content (AvgIpc) is 2.61. The molecule has 0 aliphatic heterocycles. The molecule has 0 fully saturated rings. The molecule has 7 nitrogen and oxygen atoms in total. The smallest absolute Gasteiger partial charge is 0.329 e. The standard InChI is InChI=1S/C10H13N5O2/c1-4-5-11-9-12-7-6(14(9)2)8(16)13-10(17)15(7)3/h4H,1,5H2,2-3H3,(H,11,12)(H,13,16,17). The van der Waals surface area contributed by atoms with E-state index in [0.29, 0.717) is 23.7 Å². The Labute approximate surface area is 96.4 Å². The van der Waals surface area contributed by atoms with Gasteiger partial charge in [0, 0.05) is 20.6 Å². The van der Waals surface area contributed by atoms with Gasteiger partial charge in [-0.25, -0.2) is 4.79 Å². The second kappa shape index (κ2) is 3.93. The zero-order chi connectivity index (χ0) is 12.6. The van der Waals surface area contributed by atoms with E-state index in [1.807, 2.05) is 0 Å². The van der Waals surface area contributed by atoms with Crippen LogP contribution >= 0.6 is 0 Å². The number of nitrogens with zero attached hydrogens (tertiary/aromatic N) is 3. The van der Waals surface area contributed by atoms with E-state index in [4.69, 9.17) is 0 Å². The molecule has 0 unspecified atom stereocenters. The van der Waals surface area contributed by atoms with Crippen molar-refractivity contribution in [1.29, 1.82) is 0 Å². The summed E-state index contributed by atoms with van der Waals surface area (Å²) in [6.07, 6.45) is 1.68. The number of aryl methyl sites for hydroxylation is 2. The van der Waals surface area contributed by atoms with Gasteiger partial charge in [-0.2, -0.15) is 4.98 Å². The van der Waals surface area contributed by atoms with Gasteiger partial charge in [0.25, 0.3) is 5.56 Å². The van der Waals surface area contributed by atoms with Crippen molar-refractivity contribution in [2.75, 3.05) is 11.9 Å². The first-order valence-electron chi connectivity index (χ1n) is 5.06. The zero-order valence-electron chi connectivity index (χ0n) is 9.65. The summed E-state index contributed by atoms with van der Waals surface area (Å²) in [5, 5.41) is 2.99. The fourth-order valence-corrected chi connectivity index (χ4v) is 1.63. The van der Waals surface area contributed by atoms with Crippen LogP contribution in [0.2, 0.25) is 0 Å². The molecule has 0 saturated heterocycles. The minimum atomic E-state index is -0.476. The van der Waals surface area contributed by atoms with Crippen molar-refractivity contribution in [2.45, 2.75) is 0 Å². The largest absolute Gasteiger partial charge is 0.352 e. The maximum Gasteiger partial charge on any atom is 0.329 e. The Morgan fingerprint density at radius 3 is 2.76 bits per heavy atom. The highest BCUT2D eigenvalue weighted by molar-refractivity contribution is 5.73. The van der Waals surface area contributed by atoms with Crippen LogP contribution in [0, 0.1) is 0 Å². The molecular formula is C10H13N5O2. The van der Waals surface area contributed by atoms with Crippen LogP contribution in [0.5, 0.6) is 0 Å². The Hall–Kier alpha value is -2.31. The van der Waals surface area contributed by atoms with Gasteiger partial charge in [-0.05, 0) is 0 Å². The van der Waals surface area contributed by atoms with Gasteiger partial charge >= 0.3 is 5.69 Å². The molecule has 2 rings (SSSR count). The van der Waals surface area contributed by atoms with Gasteiger partial charge in [0.1, 0.15) is 0 Å². The van der Waals surface area contributed by atoms with Crippen LogP contribution in [-0.2, 0) is 14.1 Å². The molecule has 0 amide bonds. The molecular weight excluding hydrogens is 222 g/mol. The number of rotatable bonds is 3. The molecule has 7 heteroatoms. The van der Waals surface area contributed by atoms with Crippen molar-refractivity contribution < 1.29 is 0 Å². The number of aromatic nitrogens is 4. The maximum absolute atomic E-state index is 11.7. The average molecular weight is 235 g/mol. The zero-order valence-corrected chi connectivity index (χ0v) is 9.65. The summed E-state index contributed by atoms with van der Waals surface area (Å²) in [5.41, 5.74) is -0.202. The fraction of sp³-hybridized carbons (Fsp3) is 0.300. The number of H-pyrrole nitrogens is 1. The van der Waals surface area contributed by atoms with E-state index in [-0.39, 0.29) is 0 Å². The molecule has 0 aliphatic rings. The van der Waals surface area contributed by atoms with Crippen LogP contribution in [0.4, 0.5) is 5.95 Å². The quantitative estimate of drug-likeness (QED) is 0.706. The third-order valence-electron chi connectivity index (χ3n) is 2.54. The summed E-state index contributed by atoms with van der Waals surface area (Å²) in [7, 11) is 3.27. The number of hydrogen-bond acceptors (Lipinski definition) is 4. The lowest BCUT2D eigenvalue weighted by Crippen LogP contribution is -2.29. The van der Waals surface area contributed by atoms with Gasteiger partial charge in [-0.3, -0.25) is 14.3 Å². The second-order valence-corrected chi connectivity index (χ2v) is 3.65. The first-order chi connectivity index (χ1) is 8.06. The number of imidazole rings is 1. The molecule has 0 saturated carbocycles. The second-order valence-electron chi connectivity index (χ2n) is 3.65. The lowest BCUT2D eigenvalue weighted by Gasteiger charge is -2.01. The van der Waals surface area contributed by atoms with Crippen LogP contribution in [-0.4, -0.2) is 25.6 Å². The molecule has 2 N–H and O–H groups in total. The Morgan fingerprint density at radius 2 is 2.12 bits per heavy atom. The van der Waals surface area contributed by atoms with E-state index in [1.165, 1.54) is 4.57 Å². The van der Waals surface area contributed by atoms with Crippen LogP contribution in [0.15, 0.2) is 22.2 Å². The van der Waals surface area contributed by atoms with Crippen LogP contribution in [0.1, 0.15) is 0 Å². The van der Waals surface area contributed by atoms with Crippen molar-refractivity contribution in [3.63, 3.8) is 0 Å². The maximum atomic E-state index is 11.7. The lowest BCUT2D eigenvalue weighted by molar-refractivity contribution is 0.829. The van der Waals surface area contributed by atoms with Crippen molar-refractivity contribution in [2.24, 2.45) is 14.1 Å². The van der Waals surface area contributed by atoms with E-state index in [0.717, 1.165) is 0 Å². The van der Waals surface area contributed by atoms with Crippen molar-refractivity contribution in [3.8, 4) is 0 Å². The Bertz CT molecular complexity index is 691. The van der Waals surface area contributed by atoms with Gasteiger partial charge in [-0.1, -0.05) is 6.08 Å². The molecule has 2 aromatic rings. The van der Waals surface area contributed by atoms with E-state index in [9.17, 15) is 9.59 Å². The summed E-state index contributed by atoms with van der Waals surface area (Å²) < 4.78 is 2.91. The molecule has 17 heavy (non-hydrogen) atoms. The van der Waals surface area contributed by atoms with Gasteiger partial charge < -0.3 is 9.88 Å². The van der Waals surface area contributed by atoms with E-state index in [2.05, 4.69) is 21.9 Å². The topological polar surface area (TPSA) is 84.7 Å². The summed E-state index contributed by atoms with van der Waals surface area (Å²) in [6.45, 7) is 4.12. The predicted octanol–water partition coefficient (Wildman–Crippen LogP) is -0.442. The van der Waals surface area contributed by atoms with Crippen molar-refractivity contribution in [1.82, 2.24) is 19.1 Å². The summed E-state index contributed by atoms with van der Waals surface area (Å²) in [6, 6.07) is 0. The van der Waals surface area contributed by atoms with Gasteiger partial charge in [0.15, 0.2) is 11.2 Å². The molecule has 0 atom stereocenters. The van der Waals surface area contributed by atoms with E-state index in [1.54, 1.807) is 24.7 Å². The van der Waals surface area contributed by atoms with Crippen LogP contribution < -0.4 is 16.6 Å². The van der Waals surface area contributed by atoms with Crippen molar-refractivity contribution in [3.05, 3.63) is 33.5 Å². The minimum Gasteiger partial charge on any atom is -0.352 e. The Balaban J connectivity index is 2.77. The Morgan fingerprint density at radius 1 is 1.41 bits per heavy atom. The van der Waals surface area contributed by atoms with Crippen LogP contribution in [0.25, 0.3) is 11.2 Å². The molecule has 0 spiro atoms. The predicted molar refractivity (Wildman–Crippen MR) is 65.3 cm³/mol. The van der Waals surface area contributed by atoms with Crippen LogP contribution in [0.3, 0.4) is 0 Å². The number of fused-ring (bicyclic) bond motifs is 1. The molecule has 0 aromatic carbocycles. The third kappa shape index (κ3) is 1.65. The monoisotopic (exact) mass is 235 g/mol. The highest BCUT2D eigenvalue weighted by Crippen LogP contribution is 2.12. The SMILES string of the molecule is C=CCNc1nc2c(c(=O)[nH]c(=O)n2C)n1C. The molecule has 0 bridgehead atoms. The molecule has 2 aromatic heterocycles. The van der Waals surface area contributed by atoms with Crippen molar-refractivity contribution >= 4 is 17.1 Å². The lowest BCUT2D eigenvalue weighted by atomic mass is 10.5. The molecule has 2 heterocycles. The minimum absolute atomic E-state index is 0.354. The molecule has 0 radical (unpaired) electrons. The highest BCUT2D eigenvalue weighted by atomic mass is 16.2. The highest BCUT2D eigenvalue weighted by Gasteiger charge is 2.13. The fourth-order valence-electron chi connectivity index (χ4n) is 1.63. The normalized spacial score (nSPS) is 10.7. The van der Waals surface area contributed by atoms with Gasteiger partial charge in [0.2, 0.25) is 5.95 Å². The number of aromatic amines is 1. The summed E-state index contributed by atoms with van der Waals surface area (Å²) in [5.74, 6) is 0.520. The Kier molecular flexibility index (Phi) is 2.58. The molecule has 90 valence electrons. The van der Waals surface area contributed by atoms with E-state index >= 15 is 0 Å². The first-order valence-corrected chi connectivity index (χ1v) is 5.06. The summed E-state index contributed by atoms with van der Waals surface area (Å²) >= 11 is 0. The number of anilines is 1. The van der Waals surface area contributed by atoms with E-state index < -0.39 is 11.2 Å². The first kappa shape index (κ1) is 11.2.